The number of hydrogen-bond acceptors (Lipinski definition) is 3. The van der Waals surface area contributed by atoms with E-state index in [-0.39, 0.29) is 0 Å². The molecular formula is C14H19N3S. The Balaban J connectivity index is 1.68. The molecule has 1 aliphatic rings. The molecule has 3 atom stereocenters. The van der Waals surface area contributed by atoms with E-state index in [0.29, 0.717) is 18.1 Å². The summed E-state index contributed by atoms with van der Waals surface area (Å²) in [5.41, 5.74) is 0. The maximum atomic E-state index is 4.17. The van der Waals surface area contributed by atoms with Gasteiger partial charge in [0, 0.05) is 35.4 Å². The van der Waals surface area contributed by atoms with E-state index in [1.54, 1.807) is 0 Å². The van der Waals surface area contributed by atoms with Gasteiger partial charge in [0.15, 0.2) is 0 Å². The predicted octanol–water partition coefficient (Wildman–Crippen LogP) is 3.39. The third-order valence-electron chi connectivity index (χ3n) is 3.82. The third-order valence-corrected chi connectivity index (χ3v) is 4.88. The molecule has 1 saturated carbocycles. The van der Waals surface area contributed by atoms with Crippen molar-refractivity contribution in [1.82, 2.24) is 14.9 Å². The van der Waals surface area contributed by atoms with Crippen LogP contribution < -0.4 is 5.32 Å². The molecule has 3 rings (SSSR count). The van der Waals surface area contributed by atoms with Crippen molar-refractivity contribution in [2.24, 2.45) is 0 Å². The van der Waals surface area contributed by atoms with Gasteiger partial charge in [0.25, 0.3) is 0 Å². The van der Waals surface area contributed by atoms with E-state index in [1.165, 1.54) is 24.1 Å². The second kappa shape index (κ2) is 5.24. The highest BCUT2D eigenvalue weighted by Gasteiger charge is 2.29. The molecule has 0 radical (unpaired) electrons. The molecule has 3 unspecified atom stereocenters. The average Bonchev–Trinajstić information content (AvgIpc) is 3.11. The summed E-state index contributed by atoms with van der Waals surface area (Å²) in [4.78, 5) is 5.59. The fraction of sp³-hybridized carbons (Fsp3) is 0.500. The summed E-state index contributed by atoms with van der Waals surface area (Å²) in [5.74, 6) is 0. The average molecular weight is 261 g/mol. The number of nitrogens with zero attached hydrogens (tertiary/aromatic N) is 2. The molecule has 3 nitrogen and oxygen atoms in total. The fourth-order valence-electron chi connectivity index (χ4n) is 2.90. The van der Waals surface area contributed by atoms with Crippen LogP contribution in [0, 0.1) is 0 Å². The highest BCUT2D eigenvalue weighted by atomic mass is 32.1. The van der Waals surface area contributed by atoms with E-state index < -0.39 is 0 Å². The molecule has 0 spiro atoms. The maximum absolute atomic E-state index is 4.17. The van der Waals surface area contributed by atoms with E-state index in [1.807, 2.05) is 23.9 Å². The summed E-state index contributed by atoms with van der Waals surface area (Å²) < 4.78 is 2.26. The van der Waals surface area contributed by atoms with Crippen LogP contribution in [0.1, 0.15) is 43.1 Å². The smallest absolute Gasteiger partial charge is 0.0949 e. The number of nitrogens with one attached hydrogen (secondary N) is 1. The van der Waals surface area contributed by atoms with Crippen molar-refractivity contribution in [3.05, 3.63) is 41.1 Å². The fourth-order valence-corrected chi connectivity index (χ4v) is 3.64. The van der Waals surface area contributed by atoms with E-state index >= 15 is 0 Å². The Morgan fingerprint density at radius 3 is 3.17 bits per heavy atom. The van der Waals surface area contributed by atoms with Crippen LogP contribution >= 0.6 is 11.3 Å². The zero-order valence-electron chi connectivity index (χ0n) is 10.6. The number of thiophene rings is 1. The largest absolute Gasteiger partial charge is 0.333 e. The molecule has 96 valence electrons. The summed E-state index contributed by atoms with van der Waals surface area (Å²) in [6.45, 7) is 2.26. The van der Waals surface area contributed by atoms with Crippen molar-refractivity contribution in [3.8, 4) is 0 Å². The first kappa shape index (κ1) is 11.9. The Kier molecular flexibility index (Phi) is 3.48. The lowest BCUT2D eigenvalue weighted by atomic mass is 10.1. The molecule has 2 aromatic rings. The van der Waals surface area contributed by atoms with Crippen molar-refractivity contribution in [2.75, 3.05) is 0 Å². The molecular weight excluding hydrogens is 242 g/mol. The molecule has 2 aromatic heterocycles. The number of hydrogen-bond donors (Lipinski definition) is 1. The minimum absolute atomic E-state index is 0.444. The first-order chi connectivity index (χ1) is 8.84. The van der Waals surface area contributed by atoms with E-state index in [2.05, 4.69) is 45.5 Å². The lowest BCUT2D eigenvalue weighted by molar-refractivity contribution is 0.364. The molecule has 0 amide bonds. The standard InChI is InChI=1S/C14H19N3S/c1-11(14-6-3-9-18-14)16-12-4-2-5-13(12)17-8-7-15-10-17/h3,6-13,16H,2,4-5H2,1H3. The summed E-state index contributed by atoms with van der Waals surface area (Å²) in [6.07, 6.45) is 9.72. The van der Waals surface area contributed by atoms with Gasteiger partial charge in [0.1, 0.15) is 0 Å². The van der Waals surface area contributed by atoms with Crippen molar-refractivity contribution in [2.45, 2.75) is 44.3 Å². The van der Waals surface area contributed by atoms with Crippen LogP contribution in [0.2, 0.25) is 0 Å². The summed E-state index contributed by atoms with van der Waals surface area (Å²) in [6, 6.07) is 5.91. The van der Waals surface area contributed by atoms with Crippen LogP contribution in [0.3, 0.4) is 0 Å². The van der Waals surface area contributed by atoms with Crippen molar-refractivity contribution < 1.29 is 0 Å². The molecule has 1 aliphatic carbocycles. The van der Waals surface area contributed by atoms with Gasteiger partial charge in [0.2, 0.25) is 0 Å². The molecule has 1 fully saturated rings. The van der Waals surface area contributed by atoms with Gasteiger partial charge in [-0.2, -0.15) is 0 Å². The van der Waals surface area contributed by atoms with Crippen molar-refractivity contribution in [3.63, 3.8) is 0 Å². The third kappa shape index (κ3) is 2.35. The van der Waals surface area contributed by atoms with Gasteiger partial charge < -0.3 is 9.88 Å². The molecule has 0 aromatic carbocycles. The lowest BCUT2D eigenvalue weighted by Gasteiger charge is -2.25. The Bertz CT molecular complexity index is 463. The zero-order chi connectivity index (χ0) is 12.4. The maximum Gasteiger partial charge on any atom is 0.0949 e. The summed E-state index contributed by atoms with van der Waals surface area (Å²) in [5, 5.41) is 5.93. The monoisotopic (exact) mass is 261 g/mol. The Hall–Kier alpha value is -1.13. The topological polar surface area (TPSA) is 29.9 Å². The van der Waals surface area contributed by atoms with E-state index in [4.69, 9.17) is 0 Å². The minimum atomic E-state index is 0.444. The zero-order valence-corrected chi connectivity index (χ0v) is 11.4. The SMILES string of the molecule is CC(NC1CCCC1n1ccnc1)c1cccs1. The van der Waals surface area contributed by atoms with Crippen LogP contribution in [0.15, 0.2) is 36.2 Å². The van der Waals surface area contributed by atoms with Crippen LogP contribution in [-0.4, -0.2) is 15.6 Å². The molecule has 2 heterocycles. The minimum Gasteiger partial charge on any atom is -0.333 e. The Morgan fingerprint density at radius 1 is 1.50 bits per heavy atom. The van der Waals surface area contributed by atoms with Gasteiger partial charge in [-0.05, 0) is 37.6 Å². The van der Waals surface area contributed by atoms with Gasteiger partial charge >= 0.3 is 0 Å². The van der Waals surface area contributed by atoms with Gasteiger partial charge in [-0.1, -0.05) is 6.07 Å². The van der Waals surface area contributed by atoms with Crippen LogP contribution in [-0.2, 0) is 0 Å². The van der Waals surface area contributed by atoms with Gasteiger partial charge in [-0.25, -0.2) is 4.98 Å². The second-order valence-corrected chi connectivity index (χ2v) is 6.00. The molecule has 0 saturated heterocycles. The lowest BCUT2D eigenvalue weighted by Crippen LogP contribution is -2.35. The number of imidazole rings is 1. The summed E-state index contributed by atoms with van der Waals surface area (Å²) in [7, 11) is 0. The summed E-state index contributed by atoms with van der Waals surface area (Å²) >= 11 is 1.83. The quantitative estimate of drug-likeness (QED) is 0.914. The van der Waals surface area contributed by atoms with Crippen LogP contribution in [0.25, 0.3) is 0 Å². The molecule has 18 heavy (non-hydrogen) atoms. The van der Waals surface area contributed by atoms with E-state index in [0.717, 1.165) is 0 Å². The highest BCUT2D eigenvalue weighted by molar-refractivity contribution is 7.10. The van der Waals surface area contributed by atoms with Crippen LogP contribution in [0.4, 0.5) is 0 Å². The predicted molar refractivity (Wildman–Crippen MR) is 74.8 cm³/mol. The molecule has 4 heteroatoms. The number of aromatic nitrogens is 2. The molecule has 1 N–H and O–H groups in total. The van der Waals surface area contributed by atoms with Crippen molar-refractivity contribution >= 4 is 11.3 Å². The first-order valence-corrected chi connectivity index (χ1v) is 7.49. The molecule has 0 aliphatic heterocycles. The normalized spacial score (nSPS) is 25.4. The Morgan fingerprint density at radius 2 is 2.44 bits per heavy atom. The second-order valence-electron chi connectivity index (χ2n) is 5.02. The first-order valence-electron chi connectivity index (χ1n) is 6.61. The van der Waals surface area contributed by atoms with Gasteiger partial charge in [-0.15, -0.1) is 11.3 Å². The van der Waals surface area contributed by atoms with E-state index in [9.17, 15) is 0 Å². The number of rotatable bonds is 4. The van der Waals surface area contributed by atoms with Crippen molar-refractivity contribution in [1.29, 1.82) is 0 Å². The van der Waals surface area contributed by atoms with Gasteiger partial charge in [0.05, 0.1) is 6.33 Å². The Labute approximate surface area is 112 Å². The van der Waals surface area contributed by atoms with Gasteiger partial charge in [-0.3, -0.25) is 0 Å². The molecule has 0 bridgehead atoms. The highest BCUT2D eigenvalue weighted by Crippen LogP contribution is 2.32. The van der Waals surface area contributed by atoms with Crippen LogP contribution in [0.5, 0.6) is 0 Å².